The Bertz CT molecular complexity index is 431. The van der Waals surface area contributed by atoms with Crippen LogP contribution in [0.4, 0.5) is 0 Å². The normalized spacial score (nSPS) is 19.7. The average molecular weight is 261 g/mol. The number of nitrogens with zero attached hydrogens (tertiary/aromatic N) is 1. The predicted octanol–water partition coefficient (Wildman–Crippen LogP) is 2.89. The van der Waals surface area contributed by atoms with Crippen molar-refractivity contribution in [3.63, 3.8) is 0 Å². The zero-order chi connectivity index (χ0) is 13.7. The molecule has 0 bridgehead atoms. The molecule has 104 valence electrons. The number of hydrogen-bond acceptors (Lipinski definition) is 3. The number of ether oxygens (including phenoxy) is 1. The van der Waals surface area contributed by atoms with Crippen LogP contribution in [-0.4, -0.2) is 31.4 Å². The molecule has 0 amide bonds. The minimum absolute atomic E-state index is 0.240. The van der Waals surface area contributed by atoms with Crippen LogP contribution in [0, 0.1) is 5.92 Å². The van der Waals surface area contributed by atoms with Gasteiger partial charge in [-0.05, 0) is 37.6 Å². The summed E-state index contributed by atoms with van der Waals surface area (Å²) in [5.41, 5.74) is 1.23. The molecule has 1 aliphatic rings. The summed E-state index contributed by atoms with van der Waals surface area (Å²) in [6.45, 7) is 1.73. The summed E-state index contributed by atoms with van der Waals surface area (Å²) in [5, 5.41) is 0. The predicted molar refractivity (Wildman–Crippen MR) is 76.3 cm³/mol. The van der Waals surface area contributed by atoms with Crippen molar-refractivity contribution in [2.24, 2.45) is 5.92 Å². The molecule has 1 aromatic carbocycles. The lowest BCUT2D eigenvalue weighted by atomic mass is 9.87. The molecule has 3 nitrogen and oxygen atoms in total. The van der Waals surface area contributed by atoms with Gasteiger partial charge < -0.3 is 9.64 Å². The van der Waals surface area contributed by atoms with Crippen molar-refractivity contribution in [3.05, 3.63) is 29.8 Å². The maximum atomic E-state index is 11.8. The highest BCUT2D eigenvalue weighted by Gasteiger charge is 2.23. The third-order valence-electron chi connectivity index (χ3n) is 3.80. The zero-order valence-electron chi connectivity index (χ0n) is 11.9. The fourth-order valence-electron chi connectivity index (χ4n) is 2.77. The molecule has 2 rings (SSSR count). The van der Waals surface area contributed by atoms with Crippen LogP contribution in [0.15, 0.2) is 24.3 Å². The van der Waals surface area contributed by atoms with E-state index >= 15 is 0 Å². The van der Waals surface area contributed by atoms with Gasteiger partial charge in [0.2, 0.25) is 0 Å². The number of carbonyl (C=O) groups excluding carboxylic acids is 1. The fraction of sp³-hybridized carbons (Fsp3) is 0.562. The molecule has 3 heteroatoms. The number of rotatable bonds is 5. The monoisotopic (exact) mass is 261 g/mol. The van der Waals surface area contributed by atoms with Crippen LogP contribution in [-0.2, 0) is 11.3 Å². The lowest BCUT2D eigenvalue weighted by Gasteiger charge is -2.26. The van der Waals surface area contributed by atoms with Crippen molar-refractivity contribution in [2.75, 3.05) is 20.7 Å². The number of methoxy groups -OCH3 is 1. The third-order valence-corrected chi connectivity index (χ3v) is 3.80. The van der Waals surface area contributed by atoms with Crippen molar-refractivity contribution in [1.82, 2.24) is 4.90 Å². The van der Waals surface area contributed by atoms with Crippen molar-refractivity contribution in [3.8, 4) is 5.75 Å². The highest BCUT2D eigenvalue weighted by atomic mass is 16.5. The summed E-state index contributed by atoms with van der Waals surface area (Å²) in [7, 11) is 3.77. The second kappa shape index (κ2) is 6.71. The lowest BCUT2D eigenvalue weighted by molar-refractivity contribution is -0.125. The summed E-state index contributed by atoms with van der Waals surface area (Å²) < 4.78 is 5.23. The molecule has 0 aromatic heterocycles. The molecule has 1 unspecified atom stereocenters. The van der Waals surface area contributed by atoms with Crippen molar-refractivity contribution in [1.29, 1.82) is 0 Å². The molecule has 0 saturated heterocycles. The molecule has 1 atom stereocenters. The molecule has 0 radical (unpaired) electrons. The summed E-state index contributed by atoms with van der Waals surface area (Å²) in [5.74, 6) is 1.58. The number of hydrogen-bond donors (Lipinski definition) is 0. The average Bonchev–Trinajstić information content (AvgIpc) is 2.41. The highest BCUT2D eigenvalue weighted by Crippen LogP contribution is 2.22. The minimum Gasteiger partial charge on any atom is -0.497 e. The molecule has 1 aliphatic carbocycles. The molecule has 1 saturated carbocycles. The van der Waals surface area contributed by atoms with Crippen molar-refractivity contribution >= 4 is 5.78 Å². The molecular weight excluding hydrogens is 238 g/mol. The van der Waals surface area contributed by atoms with E-state index in [1.807, 2.05) is 12.1 Å². The maximum Gasteiger partial charge on any atom is 0.137 e. The van der Waals surface area contributed by atoms with Crippen LogP contribution >= 0.6 is 0 Å². The van der Waals surface area contributed by atoms with Gasteiger partial charge in [-0.15, -0.1) is 0 Å². The SMILES string of the molecule is COc1cccc(CN(C)CC2CCCCC2=O)c1. The van der Waals surface area contributed by atoms with Gasteiger partial charge in [0.05, 0.1) is 7.11 Å². The van der Waals surface area contributed by atoms with E-state index in [4.69, 9.17) is 4.74 Å². The Morgan fingerprint density at radius 3 is 2.95 bits per heavy atom. The van der Waals surface area contributed by atoms with E-state index in [2.05, 4.69) is 24.1 Å². The van der Waals surface area contributed by atoms with Gasteiger partial charge in [0, 0.05) is 25.4 Å². The second-order valence-corrected chi connectivity index (χ2v) is 5.46. The first-order chi connectivity index (χ1) is 9.19. The molecule has 1 fully saturated rings. The summed E-state index contributed by atoms with van der Waals surface area (Å²) in [6, 6.07) is 8.11. The van der Waals surface area contributed by atoms with E-state index < -0.39 is 0 Å². The molecule has 19 heavy (non-hydrogen) atoms. The van der Waals surface area contributed by atoms with E-state index in [1.165, 1.54) is 12.0 Å². The van der Waals surface area contributed by atoms with Crippen LogP contribution in [0.1, 0.15) is 31.2 Å². The number of Topliss-reactive ketones (excluding diaryl/α,β-unsaturated/α-hetero) is 1. The quantitative estimate of drug-likeness (QED) is 0.816. The number of benzene rings is 1. The van der Waals surface area contributed by atoms with Gasteiger partial charge in [-0.2, -0.15) is 0 Å². The summed E-state index contributed by atoms with van der Waals surface area (Å²) in [4.78, 5) is 14.1. The van der Waals surface area contributed by atoms with Gasteiger partial charge in [-0.25, -0.2) is 0 Å². The third kappa shape index (κ3) is 4.06. The molecule has 1 aromatic rings. The van der Waals surface area contributed by atoms with Crippen LogP contribution < -0.4 is 4.74 Å². The van der Waals surface area contributed by atoms with Crippen molar-refractivity contribution in [2.45, 2.75) is 32.2 Å². The van der Waals surface area contributed by atoms with Crippen LogP contribution in [0.5, 0.6) is 5.75 Å². The molecule has 0 spiro atoms. The fourth-order valence-corrected chi connectivity index (χ4v) is 2.77. The minimum atomic E-state index is 0.240. The van der Waals surface area contributed by atoms with Crippen LogP contribution in [0.3, 0.4) is 0 Å². The van der Waals surface area contributed by atoms with Gasteiger partial charge in [-0.1, -0.05) is 18.6 Å². The van der Waals surface area contributed by atoms with E-state index in [9.17, 15) is 4.79 Å². The first-order valence-electron chi connectivity index (χ1n) is 7.03. The first kappa shape index (κ1) is 14.1. The molecular formula is C16H23NO2. The van der Waals surface area contributed by atoms with Crippen molar-refractivity contribution < 1.29 is 9.53 Å². The molecule has 0 heterocycles. The molecule has 0 N–H and O–H groups in total. The largest absolute Gasteiger partial charge is 0.497 e. The van der Waals surface area contributed by atoms with E-state index in [1.54, 1.807) is 7.11 Å². The van der Waals surface area contributed by atoms with E-state index in [-0.39, 0.29) is 5.92 Å². The van der Waals surface area contributed by atoms with Crippen LogP contribution in [0.25, 0.3) is 0 Å². The second-order valence-electron chi connectivity index (χ2n) is 5.46. The van der Waals surface area contributed by atoms with E-state index in [0.717, 1.165) is 38.1 Å². The standard InChI is InChI=1S/C16H23NO2/c1-17(12-14-7-3-4-9-16(14)18)11-13-6-5-8-15(10-13)19-2/h5-6,8,10,14H,3-4,7,9,11-12H2,1-2H3. The summed E-state index contributed by atoms with van der Waals surface area (Å²) >= 11 is 0. The van der Waals surface area contributed by atoms with Gasteiger partial charge in [-0.3, -0.25) is 4.79 Å². The smallest absolute Gasteiger partial charge is 0.137 e. The van der Waals surface area contributed by atoms with Gasteiger partial charge in [0.1, 0.15) is 11.5 Å². The Labute approximate surface area is 115 Å². The number of carbonyl (C=O) groups is 1. The Morgan fingerprint density at radius 2 is 2.21 bits per heavy atom. The topological polar surface area (TPSA) is 29.5 Å². The Hall–Kier alpha value is -1.35. The van der Waals surface area contributed by atoms with Crippen LogP contribution in [0.2, 0.25) is 0 Å². The Morgan fingerprint density at radius 1 is 1.37 bits per heavy atom. The molecule has 0 aliphatic heterocycles. The number of ketones is 1. The zero-order valence-corrected chi connectivity index (χ0v) is 11.9. The van der Waals surface area contributed by atoms with Gasteiger partial charge in [0.25, 0.3) is 0 Å². The Balaban J connectivity index is 1.89. The summed E-state index contributed by atoms with van der Waals surface area (Å²) in [6.07, 6.45) is 4.11. The van der Waals surface area contributed by atoms with Gasteiger partial charge >= 0.3 is 0 Å². The Kier molecular flexibility index (Phi) is 4.97. The lowest BCUT2D eigenvalue weighted by Crippen LogP contribution is -2.32. The van der Waals surface area contributed by atoms with E-state index in [0.29, 0.717) is 5.78 Å². The van der Waals surface area contributed by atoms with Gasteiger partial charge in [0.15, 0.2) is 0 Å². The first-order valence-corrected chi connectivity index (χ1v) is 7.03. The maximum absolute atomic E-state index is 11.8. The highest BCUT2D eigenvalue weighted by molar-refractivity contribution is 5.81.